The van der Waals surface area contributed by atoms with Gasteiger partial charge in [-0.1, -0.05) is 22.7 Å². The Morgan fingerprint density at radius 3 is 2.53 bits per heavy atom. The van der Waals surface area contributed by atoms with Crippen LogP contribution in [0.15, 0.2) is 80.7 Å². The number of halogens is 1. The topological polar surface area (TPSA) is 151 Å². The minimum absolute atomic E-state index is 0.0729. The Morgan fingerprint density at radius 2 is 1.82 bits per heavy atom. The smallest absolute Gasteiger partial charge is 0.294 e. The third-order valence-electron chi connectivity index (χ3n) is 5.45. The quantitative estimate of drug-likeness (QED) is 0.0566. The zero-order valence-corrected chi connectivity index (χ0v) is 22.4. The molecule has 0 aliphatic carbocycles. The van der Waals surface area contributed by atoms with Crippen molar-refractivity contribution in [3.8, 4) is 16.3 Å². The highest BCUT2D eigenvalue weighted by Gasteiger charge is 2.20. The molecular weight excluding hydrogens is 574 g/mol. The number of fused-ring (bicyclic) bond motifs is 2. The monoisotopic (exact) mass is 589 g/mol. The van der Waals surface area contributed by atoms with Crippen LogP contribution in [-0.4, -0.2) is 28.3 Å². The molecule has 0 bridgehead atoms. The van der Waals surface area contributed by atoms with Crippen LogP contribution in [0.5, 0.6) is 5.75 Å². The Kier molecular flexibility index (Phi) is 7.35. The predicted octanol–water partition coefficient (Wildman–Crippen LogP) is 7.87. The van der Waals surface area contributed by atoms with E-state index in [0.717, 1.165) is 38.5 Å². The third-order valence-corrected chi connectivity index (χ3v) is 8.27. The van der Waals surface area contributed by atoms with E-state index in [9.17, 15) is 18.1 Å². The van der Waals surface area contributed by atoms with Crippen LogP contribution in [0.1, 0.15) is 5.56 Å². The second-order valence-electron chi connectivity index (χ2n) is 8.01. The standard InChI is InChI=1S/C24H16ClN3O7S3/c1-12-2-7-18-19(8-12)36-24(26-18)13-3-5-15(6-4-13)27-28-22-20(37-35-34-30)10-14-9-16(38(31,32)33)11-17(25)21(14)23(22)29/h2-11,29-30H,1H3,(H,31,32,33). The van der Waals surface area contributed by atoms with Gasteiger partial charge in [0.1, 0.15) is 10.7 Å². The minimum Gasteiger partial charge on any atom is -0.505 e. The van der Waals surface area contributed by atoms with Crippen molar-refractivity contribution in [1.29, 1.82) is 0 Å². The van der Waals surface area contributed by atoms with Crippen LogP contribution < -0.4 is 0 Å². The first-order valence-electron chi connectivity index (χ1n) is 10.6. The van der Waals surface area contributed by atoms with E-state index in [1.807, 2.05) is 31.2 Å². The van der Waals surface area contributed by atoms with E-state index >= 15 is 0 Å². The lowest BCUT2D eigenvalue weighted by molar-refractivity contribution is -0.432. The molecule has 0 aliphatic heterocycles. The molecule has 0 saturated carbocycles. The fourth-order valence-corrected chi connectivity index (χ4v) is 6.19. The fourth-order valence-electron chi connectivity index (χ4n) is 3.71. The maximum absolute atomic E-state index is 11.6. The average molecular weight is 590 g/mol. The van der Waals surface area contributed by atoms with Gasteiger partial charge in [-0.15, -0.1) is 20.8 Å². The molecule has 0 radical (unpaired) electrons. The molecule has 0 saturated heterocycles. The zero-order valence-electron chi connectivity index (χ0n) is 19.2. The number of aromatic hydroxyl groups is 1. The van der Waals surface area contributed by atoms with Crippen LogP contribution >= 0.6 is 35.0 Å². The Balaban J connectivity index is 1.51. The number of hydrogen-bond acceptors (Lipinski definition) is 11. The van der Waals surface area contributed by atoms with E-state index in [0.29, 0.717) is 17.7 Å². The molecule has 4 aromatic carbocycles. The summed E-state index contributed by atoms with van der Waals surface area (Å²) in [5, 5.41) is 32.4. The molecule has 0 unspecified atom stereocenters. The molecule has 14 heteroatoms. The van der Waals surface area contributed by atoms with Gasteiger partial charge < -0.3 is 5.11 Å². The lowest BCUT2D eigenvalue weighted by atomic mass is 10.1. The van der Waals surface area contributed by atoms with E-state index in [1.165, 1.54) is 6.07 Å². The van der Waals surface area contributed by atoms with Crippen LogP contribution in [0.3, 0.4) is 0 Å². The van der Waals surface area contributed by atoms with Crippen LogP contribution in [0.4, 0.5) is 11.4 Å². The van der Waals surface area contributed by atoms with Gasteiger partial charge in [-0.05, 0) is 72.5 Å². The molecule has 0 amide bonds. The van der Waals surface area contributed by atoms with Crippen molar-refractivity contribution >= 4 is 77.5 Å². The Morgan fingerprint density at radius 1 is 1.05 bits per heavy atom. The van der Waals surface area contributed by atoms with Gasteiger partial charge in [0.15, 0.2) is 5.75 Å². The molecular formula is C24H16ClN3O7S3. The number of rotatable bonds is 7. The number of aryl methyl sites for hydroxylation is 1. The first-order chi connectivity index (χ1) is 18.1. The summed E-state index contributed by atoms with van der Waals surface area (Å²) >= 11 is 8.29. The normalized spacial score (nSPS) is 12.2. The highest BCUT2D eigenvalue weighted by Crippen LogP contribution is 2.46. The van der Waals surface area contributed by atoms with E-state index in [-0.39, 0.29) is 26.4 Å². The second-order valence-corrected chi connectivity index (χ2v) is 11.6. The number of azo groups is 1. The summed E-state index contributed by atoms with van der Waals surface area (Å²) in [5.74, 6) is -0.427. The minimum atomic E-state index is -4.56. The third kappa shape index (κ3) is 5.36. The van der Waals surface area contributed by atoms with Gasteiger partial charge in [-0.25, -0.2) is 10.2 Å². The molecule has 1 heterocycles. The van der Waals surface area contributed by atoms with Gasteiger partial charge in [0.05, 0.1) is 42.8 Å². The van der Waals surface area contributed by atoms with Gasteiger partial charge in [0.2, 0.25) is 0 Å². The van der Waals surface area contributed by atoms with Gasteiger partial charge in [-0.3, -0.25) is 4.55 Å². The number of hydrogen-bond donors (Lipinski definition) is 3. The largest absolute Gasteiger partial charge is 0.505 e. The number of benzene rings is 4. The molecule has 5 aromatic rings. The maximum atomic E-state index is 11.6. The van der Waals surface area contributed by atoms with Gasteiger partial charge in [0.25, 0.3) is 10.1 Å². The summed E-state index contributed by atoms with van der Waals surface area (Å²) in [4.78, 5) is 4.31. The van der Waals surface area contributed by atoms with E-state index in [1.54, 1.807) is 23.5 Å². The molecule has 5 rings (SSSR count). The summed E-state index contributed by atoms with van der Waals surface area (Å²) in [7, 11) is -4.56. The highest BCUT2D eigenvalue weighted by molar-refractivity contribution is 7.94. The van der Waals surface area contributed by atoms with Gasteiger partial charge in [0, 0.05) is 10.9 Å². The van der Waals surface area contributed by atoms with Crippen molar-refractivity contribution < 1.29 is 32.7 Å². The predicted molar refractivity (Wildman–Crippen MR) is 145 cm³/mol. The molecule has 10 nitrogen and oxygen atoms in total. The van der Waals surface area contributed by atoms with Crippen LogP contribution in [0, 0.1) is 6.92 Å². The summed E-state index contributed by atoms with van der Waals surface area (Å²) in [5.41, 5.74) is 3.38. The molecule has 3 N–H and O–H groups in total. The lowest BCUT2D eigenvalue weighted by Gasteiger charge is -2.11. The number of nitrogens with zero attached hydrogens (tertiary/aromatic N) is 3. The first-order valence-corrected chi connectivity index (χ1v) is 14.0. The Hall–Kier alpha value is -3.14. The van der Waals surface area contributed by atoms with E-state index < -0.39 is 20.8 Å². The highest BCUT2D eigenvalue weighted by atomic mass is 35.5. The Labute approximate surface area is 229 Å². The van der Waals surface area contributed by atoms with E-state index in [2.05, 4.69) is 30.7 Å². The average Bonchev–Trinajstić information content (AvgIpc) is 3.29. The van der Waals surface area contributed by atoms with Crippen LogP contribution in [-0.2, 0) is 19.5 Å². The number of thiazole rings is 1. The molecule has 38 heavy (non-hydrogen) atoms. The first kappa shape index (κ1) is 26.5. The SMILES string of the molecule is Cc1ccc2nc(-c3ccc(N=Nc4c(SOOO)cc5cc(S(=O)(=O)O)cc(Cl)c5c4O)cc3)sc2c1. The van der Waals surface area contributed by atoms with Crippen molar-refractivity contribution in [2.75, 3.05) is 0 Å². The van der Waals surface area contributed by atoms with Gasteiger partial charge in [-0.2, -0.15) is 13.5 Å². The van der Waals surface area contributed by atoms with Crippen LogP contribution in [0.2, 0.25) is 5.02 Å². The number of phenols is 1. The van der Waals surface area contributed by atoms with Crippen molar-refractivity contribution in [3.05, 3.63) is 71.2 Å². The zero-order chi connectivity index (χ0) is 27.0. The van der Waals surface area contributed by atoms with Crippen molar-refractivity contribution in [2.24, 2.45) is 10.2 Å². The van der Waals surface area contributed by atoms with Gasteiger partial charge >= 0.3 is 0 Å². The number of aromatic nitrogens is 1. The van der Waals surface area contributed by atoms with Crippen molar-refractivity contribution in [2.45, 2.75) is 16.7 Å². The summed E-state index contributed by atoms with van der Waals surface area (Å²) in [6.07, 6.45) is 0. The van der Waals surface area contributed by atoms with Crippen molar-refractivity contribution in [1.82, 2.24) is 4.98 Å². The molecule has 0 fully saturated rings. The molecule has 1 aromatic heterocycles. The summed E-state index contributed by atoms with van der Waals surface area (Å²) in [6.45, 7) is 2.03. The molecule has 0 spiro atoms. The molecule has 0 atom stereocenters. The lowest BCUT2D eigenvalue weighted by Crippen LogP contribution is -1.98. The number of phenolic OH excluding ortho intramolecular Hbond substituents is 1. The molecule has 0 aliphatic rings. The Bertz CT molecular complexity index is 1820. The molecule has 194 valence electrons. The van der Waals surface area contributed by atoms with Crippen molar-refractivity contribution in [3.63, 3.8) is 0 Å². The second kappa shape index (κ2) is 10.6. The van der Waals surface area contributed by atoms with Crippen LogP contribution in [0.25, 0.3) is 31.6 Å². The van der Waals surface area contributed by atoms with E-state index in [4.69, 9.17) is 16.9 Å². The fraction of sp³-hybridized carbons (Fsp3) is 0.0417. The maximum Gasteiger partial charge on any atom is 0.294 e. The summed E-state index contributed by atoms with van der Waals surface area (Å²) in [6, 6.07) is 16.8. The summed E-state index contributed by atoms with van der Waals surface area (Å²) < 4.78 is 38.1.